The zero-order chi connectivity index (χ0) is 21.1. The molecule has 0 amide bonds. The van der Waals surface area contributed by atoms with Gasteiger partial charge in [0, 0.05) is 23.9 Å². The van der Waals surface area contributed by atoms with Crippen molar-refractivity contribution in [3.05, 3.63) is 65.0 Å². The number of esters is 1. The molecule has 3 rings (SSSR count). The molecule has 6 nitrogen and oxygen atoms in total. The topological polar surface area (TPSA) is 90.8 Å². The zero-order valence-corrected chi connectivity index (χ0v) is 15.5. The number of methoxy groups -OCH3 is 1. The lowest BCUT2D eigenvalue weighted by atomic mass is 9.77. The van der Waals surface area contributed by atoms with Crippen LogP contribution < -0.4 is 10.9 Å². The first kappa shape index (κ1) is 21.1. The molecular formula is C20H21F3N2O4. The Bertz CT molecular complexity index is 896. The second-order valence-electron chi connectivity index (χ2n) is 6.96. The van der Waals surface area contributed by atoms with Gasteiger partial charge in [0.05, 0.1) is 13.5 Å². The van der Waals surface area contributed by atoms with Gasteiger partial charge in [-0.05, 0) is 35.7 Å². The molecule has 1 heterocycles. The first-order chi connectivity index (χ1) is 13.8. The molecule has 2 aromatic rings. The number of nitrogens with one attached hydrogen (secondary N) is 2. The molecule has 156 valence electrons. The number of phenols is 1. The lowest BCUT2D eigenvalue weighted by molar-refractivity contribution is -0.141. The maximum absolute atomic E-state index is 14.1. The van der Waals surface area contributed by atoms with Gasteiger partial charge in [0.1, 0.15) is 17.8 Å². The summed E-state index contributed by atoms with van der Waals surface area (Å²) in [5.74, 6) is -5.20. The van der Waals surface area contributed by atoms with Crippen molar-refractivity contribution in [3.63, 3.8) is 0 Å². The number of hydrogen-bond acceptors (Lipinski definition) is 6. The summed E-state index contributed by atoms with van der Waals surface area (Å²) >= 11 is 0. The standard InChI is InChI=1S/C20H21F3N2O4/c1-29-18(27)8-13(10-3-2-4-12(26)5-10)19-17(24-25-20(19)28)7-11-6-15(22)16(23)9-14(11)21/h2-6,9,13,17,19-20,24-26,28H,7-8H2,1H3. The third-order valence-corrected chi connectivity index (χ3v) is 5.15. The number of aliphatic hydroxyl groups excluding tert-OH is 1. The van der Waals surface area contributed by atoms with Crippen LogP contribution in [-0.4, -0.2) is 35.6 Å². The van der Waals surface area contributed by atoms with Crippen LogP contribution in [0.4, 0.5) is 13.2 Å². The molecule has 0 radical (unpaired) electrons. The third kappa shape index (κ3) is 4.69. The number of phenolic OH excluding ortho intramolecular Hbond substituents is 1. The van der Waals surface area contributed by atoms with E-state index in [1.54, 1.807) is 12.1 Å². The van der Waals surface area contributed by atoms with Crippen molar-refractivity contribution >= 4 is 5.97 Å². The number of aromatic hydroxyl groups is 1. The molecule has 0 aliphatic carbocycles. The van der Waals surface area contributed by atoms with E-state index in [9.17, 15) is 28.2 Å². The van der Waals surface area contributed by atoms with Crippen molar-refractivity contribution in [2.75, 3.05) is 7.11 Å². The van der Waals surface area contributed by atoms with Gasteiger partial charge < -0.3 is 14.9 Å². The van der Waals surface area contributed by atoms with E-state index in [0.717, 1.165) is 6.07 Å². The van der Waals surface area contributed by atoms with Crippen molar-refractivity contribution < 1.29 is 32.9 Å². The molecule has 1 saturated heterocycles. The van der Waals surface area contributed by atoms with Gasteiger partial charge in [-0.3, -0.25) is 10.2 Å². The van der Waals surface area contributed by atoms with Crippen molar-refractivity contribution in [1.82, 2.24) is 10.9 Å². The van der Waals surface area contributed by atoms with E-state index >= 15 is 0 Å². The highest BCUT2D eigenvalue weighted by molar-refractivity contribution is 5.70. The van der Waals surface area contributed by atoms with Gasteiger partial charge in [-0.15, -0.1) is 0 Å². The van der Waals surface area contributed by atoms with Crippen LogP contribution in [0, 0.1) is 23.4 Å². The molecule has 4 unspecified atom stereocenters. The molecule has 1 aliphatic heterocycles. The van der Waals surface area contributed by atoms with Crippen LogP contribution in [0.2, 0.25) is 0 Å². The Labute approximate surface area is 165 Å². The van der Waals surface area contributed by atoms with Crippen LogP contribution in [0.5, 0.6) is 5.75 Å². The minimum absolute atomic E-state index is 0.0195. The van der Waals surface area contributed by atoms with Crippen molar-refractivity contribution in [2.24, 2.45) is 5.92 Å². The highest BCUT2D eigenvalue weighted by atomic mass is 19.2. The number of halogens is 3. The lowest BCUT2D eigenvalue weighted by Crippen LogP contribution is -2.36. The van der Waals surface area contributed by atoms with Crippen LogP contribution in [-0.2, 0) is 16.0 Å². The van der Waals surface area contributed by atoms with Gasteiger partial charge in [-0.2, -0.15) is 0 Å². The predicted octanol–water partition coefficient (Wildman–Crippen LogP) is 2.11. The SMILES string of the molecule is COC(=O)CC(c1cccc(O)c1)C1C(O)NNC1Cc1cc(F)c(F)cc1F. The average molecular weight is 410 g/mol. The smallest absolute Gasteiger partial charge is 0.306 e. The quantitative estimate of drug-likeness (QED) is 0.431. The van der Waals surface area contributed by atoms with Gasteiger partial charge in [0.15, 0.2) is 11.6 Å². The zero-order valence-electron chi connectivity index (χ0n) is 15.5. The number of hydrazine groups is 1. The number of ether oxygens (including phenoxy) is 1. The molecule has 29 heavy (non-hydrogen) atoms. The highest BCUT2D eigenvalue weighted by Gasteiger charge is 2.42. The first-order valence-corrected chi connectivity index (χ1v) is 8.98. The van der Waals surface area contributed by atoms with Gasteiger partial charge in [-0.1, -0.05) is 12.1 Å². The Morgan fingerprint density at radius 3 is 2.55 bits per heavy atom. The highest BCUT2D eigenvalue weighted by Crippen LogP contribution is 2.37. The predicted molar refractivity (Wildman–Crippen MR) is 97.1 cm³/mol. The molecule has 9 heteroatoms. The first-order valence-electron chi connectivity index (χ1n) is 8.98. The summed E-state index contributed by atoms with van der Waals surface area (Å²) in [7, 11) is 1.23. The fourth-order valence-corrected chi connectivity index (χ4v) is 3.74. The number of benzene rings is 2. The van der Waals surface area contributed by atoms with E-state index in [2.05, 4.69) is 10.9 Å². The van der Waals surface area contributed by atoms with E-state index in [4.69, 9.17) is 4.74 Å². The van der Waals surface area contributed by atoms with Gasteiger partial charge in [0.2, 0.25) is 0 Å². The Balaban J connectivity index is 1.94. The molecule has 1 aliphatic rings. The minimum atomic E-state index is -1.29. The maximum Gasteiger partial charge on any atom is 0.306 e. The Hall–Kier alpha value is -2.62. The van der Waals surface area contributed by atoms with Crippen LogP contribution >= 0.6 is 0 Å². The van der Waals surface area contributed by atoms with Gasteiger partial charge in [-0.25, -0.2) is 18.6 Å². The number of carbonyl (C=O) groups is 1. The molecule has 0 aromatic heterocycles. The molecule has 0 spiro atoms. The average Bonchev–Trinajstić information content (AvgIpc) is 3.04. The normalized spacial score (nSPS) is 22.4. The minimum Gasteiger partial charge on any atom is -0.508 e. The number of rotatable bonds is 6. The van der Waals surface area contributed by atoms with Crippen LogP contribution in [0.15, 0.2) is 36.4 Å². The summed E-state index contributed by atoms with van der Waals surface area (Å²) in [6.07, 6.45) is -1.30. The van der Waals surface area contributed by atoms with Gasteiger partial charge in [0.25, 0.3) is 0 Å². The molecule has 4 atom stereocenters. The van der Waals surface area contributed by atoms with Crippen molar-refractivity contribution in [3.8, 4) is 5.75 Å². The Morgan fingerprint density at radius 2 is 1.86 bits per heavy atom. The van der Waals surface area contributed by atoms with E-state index < -0.39 is 47.5 Å². The van der Waals surface area contributed by atoms with Gasteiger partial charge >= 0.3 is 5.97 Å². The van der Waals surface area contributed by atoms with E-state index in [0.29, 0.717) is 11.6 Å². The number of carbonyl (C=O) groups excluding carboxylic acids is 1. The van der Waals surface area contributed by atoms with E-state index in [1.807, 2.05) is 0 Å². The molecule has 4 N–H and O–H groups in total. The molecule has 0 bridgehead atoms. The van der Waals surface area contributed by atoms with Crippen LogP contribution in [0.25, 0.3) is 0 Å². The van der Waals surface area contributed by atoms with Crippen LogP contribution in [0.3, 0.4) is 0 Å². The Morgan fingerprint density at radius 1 is 1.14 bits per heavy atom. The fourth-order valence-electron chi connectivity index (χ4n) is 3.74. The second kappa shape index (κ2) is 8.81. The van der Waals surface area contributed by atoms with E-state index in [1.165, 1.54) is 19.2 Å². The monoisotopic (exact) mass is 410 g/mol. The van der Waals surface area contributed by atoms with E-state index in [-0.39, 0.29) is 24.2 Å². The largest absolute Gasteiger partial charge is 0.508 e. The van der Waals surface area contributed by atoms with Crippen molar-refractivity contribution in [1.29, 1.82) is 0 Å². The summed E-state index contributed by atoms with van der Waals surface area (Å²) < 4.78 is 45.7. The fraction of sp³-hybridized carbons (Fsp3) is 0.350. The molecule has 1 fully saturated rings. The summed E-state index contributed by atoms with van der Waals surface area (Å²) in [5, 5.41) is 20.3. The maximum atomic E-state index is 14.1. The molecular weight excluding hydrogens is 389 g/mol. The van der Waals surface area contributed by atoms with Crippen molar-refractivity contribution in [2.45, 2.75) is 31.0 Å². The summed E-state index contributed by atoms with van der Waals surface area (Å²) in [4.78, 5) is 12.0. The summed E-state index contributed by atoms with van der Waals surface area (Å²) in [6, 6.07) is 6.84. The molecule has 0 saturated carbocycles. The third-order valence-electron chi connectivity index (χ3n) is 5.15. The lowest BCUT2D eigenvalue weighted by Gasteiger charge is -2.29. The molecule has 2 aromatic carbocycles. The second-order valence-corrected chi connectivity index (χ2v) is 6.96. The summed E-state index contributed by atoms with van der Waals surface area (Å²) in [6.45, 7) is 0. The summed E-state index contributed by atoms with van der Waals surface area (Å²) in [5.41, 5.74) is 5.96. The number of hydrogen-bond donors (Lipinski definition) is 4. The number of aliphatic hydroxyl groups is 1. The Kier molecular flexibility index (Phi) is 6.41. The van der Waals surface area contributed by atoms with Crippen LogP contribution in [0.1, 0.15) is 23.5 Å².